The van der Waals surface area contributed by atoms with E-state index in [1.165, 1.54) is 29.5 Å². The molecule has 8 heteroatoms. The summed E-state index contributed by atoms with van der Waals surface area (Å²) < 4.78 is 21.0. The van der Waals surface area contributed by atoms with E-state index < -0.39 is 0 Å². The van der Waals surface area contributed by atoms with Crippen LogP contribution in [0.15, 0.2) is 53.7 Å². The SMILES string of the molecule is Cc1ccc(CNC(=O)CSc2nnc(C(C)Oc3ccc(F)cc3)n2C(C)C)cc1. The second-order valence-corrected chi connectivity index (χ2v) is 8.51. The molecule has 2 aromatic carbocycles. The summed E-state index contributed by atoms with van der Waals surface area (Å²) in [5.74, 6) is 1.06. The van der Waals surface area contributed by atoms with Crippen molar-refractivity contribution in [1.29, 1.82) is 0 Å². The molecule has 3 aromatic rings. The minimum Gasteiger partial charge on any atom is -0.483 e. The van der Waals surface area contributed by atoms with E-state index in [1.54, 1.807) is 12.1 Å². The lowest BCUT2D eigenvalue weighted by Crippen LogP contribution is -2.24. The maximum atomic E-state index is 13.1. The number of rotatable bonds is 9. The topological polar surface area (TPSA) is 69.0 Å². The number of hydrogen-bond acceptors (Lipinski definition) is 5. The van der Waals surface area contributed by atoms with Crippen molar-refractivity contribution in [2.75, 3.05) is 5.75 Å². The van der Waals surface area contributed by atoms with Gasteiger partial charge in [-0.25, -0.2) is 4.39 Å². The van der Waals surface area contributed by atoms with Gasteiger partial charge >= 0.3 is 0 Å². The van der Waals surface area contributed by atoms with Crippen LogP contribution < -0.4 is 10.1 Å². The second kappa shape index (κ2) is 10.4. The monoisotopic (exact) mass is 442 g/mol. The zero-order valence-electron chi connectivity index (χ0n) is 18.1. The van der Waals surface area contributed by atoms with Crippen molar-refractivity contribution < 1.29 is 13.9 Å². The van der Waals surface area contributed by atoms with Crippen LogP contribution in [0, 0.1) is 12.7 Å². The number of nitrogens with zero attached hydrogens (tertiary/aromatic N) is 3. The summed E-state index contributed by atoms with van der Waals surface area (Å²) in [5.41, 5.74) is 2.25. The largest absolute Gasteiger partial charge is 0.483 e. The van der Waals surface area contributed by atoms with Crippen LogP contribution in [-0.2, 0) is 11.3 Å². The van der Waals surface area contributed by atoms with E-state index in [1.807, 2.05) is 56.5 Å². The Kier molecular flexibility index (Phi) is 7.68. The predicted octanol–water partition coefficient (Wildman–Crippen LogP) is 4.86. The quantitative estimate of drug-likeness (QED) is 0.480. The zero-order chi connectivity index (χ0) is 22.4. The van der Waals surface area contributed by atoms with Crippen molar-refractivity contribution in [3.8, 4) is 5.75 Å². The molecule has 0 aliphatic carbocycles. The Hall–Kier alpha value is -2.87. The predicted molar refractivity (Wildman–Crippen MR) is 120 cm³/mol. The third-order valence-corrected chi connectivity index (χ3v) is 5.58. The first-order valence-corrected chi connectivity index (χ1v) is 11.1. The van der Waals surface area contributed by atoms with Gasteiger partial charge in [0, 0.05) is 12.6 Å². The Bertz CT molecular complexity index is 1000. The van der Waals surface area contributed by atoms with Crippen LogP contribution in [0.3, 0.4) is 0 Å². The van der Waals surface area contributed by atoms with Gasteiger partial charge in [-0.1, -0.05) is 41.6 Å². The maximum absolute atomic E-state index is 13.1. The van der Waals surface area contributed by atoms with Crippen molar-refractivity contribution in [3.05, 3.63) is 71.3 Å². The third-order valence-electron chi connectivity index (χ3n) is 4.64. The highest BCUT2D eigenvalue weighted by Crippen LogP contribution is 2.27. The number of carbonyl (C=O) groups is 1. The van der Waals surface area contributed by atoms with Gasteiger partial charge < -0.3 is 14.6 Å². The average molecular weight is 443 g/mol. The Morgan fingerprint density at radius 3 is 2.42 bits per heavy atom. The van der Waals surface area contributed by atoms with Gasteiger partial charge in [0.15, 0.2) is 17.1 Å². The smallest absolute Gasteiger partial charge is 0.230 e. The number of nitrogens with one attached hydrogen (secondary N) is 1. The number of aryl methyl sites for hydroxylation is 1. The van der Waals surface area contributed by atoms with Crippen molar-refractivity contribution in [3.63, 3.8) is 0 Å². The van der Waals surface area contributed by atoms with E-state index in [4.69, 9.17) is 4.74 Å². The standard InChI is InChI=1S/C23H27FN4O2S/c1-15(2)28-22(17(4)30-20-11-9-19(24)10-12-20)26-27-23(28)31-14-21(29)25-13-18-7-5-16(3)6-8-18/h5-12,15,17H,13-14H2,1-4H3,(H,25,29). The Balaban J connectivity index is 1.60. The Morgan fingerprint density at radius 2 is 1.77 bits per heavy atom. The van der Waals surface area contributed by atoms with Crippen LogP contribution in [-0.4, -0.2) is 26.4 Å². The van der Waals surface area contributed by atoms with E-state index in [9.17, 15) is 9.18 Å². The molecule has 6 nitrogen and oxygen atoms in total. The highest BCUT2D eigenvalue weighted by Gasteiger charge is 2.22. The summed E-state index contributed by atoms with van der Waals surface area (Å²) in [7, 11) is 0. The van der Waals surface area contributed by atoms with Crippen LogP contribution in [0.1, 0.15) is 49.9 Å². The molecule has 1 atom stereocenters. The lowest BCUT2D eigenvalue weighted by molar-refractivity contribution is -0.118. The molecule has 0 saturated carbocycles. The number of benzene rings is 2. The van der Waals surface area contributed by atoms with Gasteiger partial charge in [-0.2, -0.15) is 0 Å². The van der Waals surface area contributed by atoms with Gasteiger partial charge in [-0.3, -0.25) is 4.79 Å². The number of amides is 1. The summed E-state index contributed by atoms with van der Waals surface area (Å²) >= 11 is 1.34. The molecule has 0 aliphatic heterocycles. The van der Waals surface area contributed by atoms with E-state index in [-0.39, 0.29) is 29.6 Å². The molecular formula is C23H27FN4O2S. The lowest BCUT2D eigenvalue weighted by atomic mass is 10.1. The number of ether oxygens (including phenoxy) is 1. The number of thioether (sulfide) groups is 1. The summed E-state index contributed by atoms with van der Waals surface area (Å²) in [5, 5.41) is 12.2. The Morgan fingerprint density at radius 1 is 1.10 bits per heavy atom. The van der Waals surface area contributed by atoms with E-state index in [2.05, 4.69) is 15.5 Å². The van der Waals surface area contributed by atoms with E-state index in [0.29, 0.717) is 23.3 Å². The van der Waals surface area contributed by atoms with Crippen LogP contribution in [0.2, 0.25) is 0 Å². The molecule has 1 aromatic heterocycles. The van der Waals surface area contributed by atoms with Gasteiger partial charge in [0.05, 0.1) is 5.75 Å². The van der Waals surface area contributed by atoms with Crippen molar-refractivity contribution in [2.24, 2.45) is 0 Å². The average Bonchev–Trinajstić information content (AvgIpc) is 3.18. The number of hydrogen-bond donors (Lipinski definition) is 1. The summed E-state index contributed by atoms with van der Waals surface area (Å²) in [4.78, 5) is 12.3. The minimum atomic E-state index is -0.384. The summed E-state index contributed by atoms with van der Waals surface area (Å²) in [6.45, 7) is 8.45. The molecule has 0 bridgehead atoms. The molecule has 31 heavy (non-hydrogen) atoms. The minimum absolute atomic E-state index is 0.0685. The molecule has 0 spiro atoms. The van der Waals surface area contributed by atoms with E-state index >= 15 is 0 Å². The van der Waals surface area contributed by atoms with Gasteiger partial charge in [-0.05, 0) is 57.5 Å². The Labute approximate surface area is 186 Å². The molecule has 0 aliphatic rings. The lowest BCUT2D eigenvalue weighted by Gasteiger charge is -2.18. The fourth-order valence-corrected chi connectivity index (χ4v) is 3.91. The van der Waals surface area contributed by atoms with Gasteiger partial charge in [0.25, 0.3) is 0 Å². The van der Waals surface area contributed by atoms with E-state index in [0.717, 1.165) is 5.56 Å². The first-order chi connectivity index (χ1) is 14.8. The van der Waals surface area contributed by atoms with Gasteiger partial charge in [0.2, 0.25) is 5.91 Å². The number of aromatic nitrogens is 3. The zero-order valence-corrected chi connectivity index (χ0v) is 18.9. The number of halogens is 1. The molecule has 1 N–H and O–H groups in total. The molecule has 1 amide bonds. The maximum Gasteiger partial charge on any atom is 0.230 e. The number of carbonyl (C=O) groups excluding carboxylic acids is 1. The van der Waals surface area contributed by atoms with Gasteiger partial charge in [0.1, 0.15) is 11.6 Å². The fourth-order valence-electron chi connectivity index (χ4n) is 3.01. The van der Waals surface area contributed by atoms with Crippen LogP contribution >= 0.6 is 11.8 Å². The van der Waals surface area contributed by atoms with Crippen molar-refractivity contribution in [2.45, 2.75) is 51.5 Å². The first-order valence-electron chi connectivity index (χ1n) is 10.2. The third kappa shape index (κ3) is 6.30. The van der Waals surface area contributed by atoms with Gasteiger partial charge in [-0.15, -0.1) is 10.2 Å². The van der Waals surface area contributed by atoms with Crippen molar-refractivity contribution in [1.82, 2.24) is 20.1 Å². The second-order valence-electron chi connectivity index (χ2n) is 7.57. The fraction of sp³-hybridized carbons (Fsp3) is 0.348. The summed E-state index contributed by atoms with van der Waals surface area (Å²) in [6, 6.07) is 14.0. The molecule has 0 fully saturated rings. The molecule has 164 valence electrons. The van der Waals surface area contributed by atoms with Crippen LogP contribution in [0.5, 0.6) is 5.75 Å². The molecule has 3 rings (SSSR count). The van der Waals surface area contributed by atoms with Crippen LogP contribution in [0.4, 0.5) is 4.39 Å². The highest BCUT2D eigenvalue weighted by atomic mass is 32.2. The highest BCUT2D eigenvalue weighted by molar-refractivity contribution is 7.99. The van der Waals surface area contributed by atoms with Crippen molar-refractivity contribution >= 4 is 17.7 Å². The molecule has 1 heterocycles. The first kappa shape index (κ1) is 22.8. The molecule has 0 saturated heterocycles. The summed E-state index contributed by atoms with van der Waals surface area (Å²) in [6.07, 6.45) is -0.384. The normalized spacial score (nSPS) is 12.1. The molecule has 1 unspecified atom stereocenters. The molecular weight excluding hydrogens is 415 g/mol. The molecule has 0 radical (unpaired) electrons. The van der Waals surface area contributed by atoms with Crippen LogP contribution in [0.25, 0.3) is 0 Å².